The lowest BCUT2D eigenvalue weighted by Crippen LogP contribution is -2.12. The summed E-state index contributed by atoms with van der Waals surface area (Å²) in [6.07, 6.45) is 0. The van der Waals surface area contributed by atoms with Crippen LogP contribution >= 0.6 is 24.0 Å². The Morgan fingerprint density at radius 2 is 2.15 bits per heavy atom. The Bertz CT molecular complexity index is 317. The molecule has 1 aromatic carbocycles. The van der Waals surface area contributed by atoms with Crippen molar-refractivity contribution in [3.8, 4) is 0 Å². The first-order valence-electron chi connectivity index (χ1n) is 3.15. The van der Waals surface area contributed by atoms with Crippen molar-refractivity contribution in [1.82, 2.24) is 0 Å². The molecular weight excluding hydrogens is 215 g/mol. The molecule has 13 heavy (non-hydrogen) atoms. The average Bonchev–Trinajstić information content (AvgIpc) is 2.03. The summed E-state index contributed by atoms with van der Waals surface area (Å²) in [7, 11) is 0. The van der Waals surface area contributed by atoms with Gasteiger partial charge in [-0.25, -0.2) is 4.79 Å². The molecule has 0 aromatic heterocycles. The van der Waals surface area contributed by atoms with Gasteiger partial charge >= 0.3 is 5.97 Å². The molecule has 0 heterocycles. The van der Waals surface area contributed by atoms with Crippen LogP contribution < -0.4 is 11.3 Å². The number of aromatic carboxylic acids is 1. The van der Waals surface area contributed by atoms with Gasteiger partial charge in [0.1, 0.15) is 5.56 Å². The fourth-order valence-corrected chi connectivity index (χ4v) is 1.12. The molecule has 0 aliphatic carbocycles. The maximum atomic E-state index is 10.6. The number of nitrogens with one attached hydrogen (secondary N) is 1. The van der Waals surface area contributed by atoms with Crippen molar-refractivity contribution in [2.75, 3.05) is 5.43 Å². The minimum absolute atomic E-state index is 0. The summed E-state index contributed by atoms with van der Waals surface area (Å²) in [5.74, 6) is 3.98. The lowest BCUT2D eigenvalue weighted by molar-refractivity contribution is 0.0698. The second kappa shape index (κ2) is 4.91. The molecule has 0 saturated heterocycles. The van der Waals surface area contributed by atoms with Gasteiger partial charge in [-0.2, -0.15) is 0 Å². The van der Waals surface area contributed by atoms with Crippen molar-refractivity contribution in [3.63, 3.8) is 0 Å². The van der Waals surface area contributed by atoms with Crippen molar-refractivity contribution in [1.29, 1.82) is 0 Å². The summed E-state index contributed by atoms with van der Waals surface area (Å²) in [4.78, 5) is 10.6. The van der Waals surface area contributed by atoms with E-state index in [1.807, 2.05) is 0 Å². The zero-order valence-electron chi connectivity index (χ0n) is 6.45. The van der Waals surface area contributed by atoms with Gasteiger partial charge in [-0.05, 0) is 12.1 Å². The molecule has 0 fully saturated rings. The van der Waals surface area contributed by atoms with Crippen LogP contribution in [0.1, 0.15) is 10.4 Å². The third-order valence-corrected chi connectivity index (χ3v) is 1.70. The van der Waals surface area contributed by atoms with Gasteiger partial charge in [0.25, 0.3) is 0 Å². The lowest BCUT2D eigenvalue weighted by atomic mass is 10.2. The third-order valence-electron chi connectivity index (χ3n) is 1.38. The van der Waals surface area contributed by atoms with Gasteiger partial charge in [-0.1, -0.05) is 17.7 Å². The summed E-state index contributed by atoms with van der Waals surface area (Å²) >= 11 is 5.63. The number of carboxylic acid groups (broad SMARTS) is 1. The molecule has 0 saturated carbocycles. The Balaban J connectivity index is 0.00000144. The first kappa shape index (κ1) is 12.0. The summed E-state index contributed by atoms with van der Waals surface area (Å²) in [5, 5.41) is 8.86. The van der Waals surface area contributed by atoms with E-state index in [0.717, 1.165) is 0 Å². The number of carboxylic acids is 1. The summed E-state index contributed by atoms with van der Waals surface area (Å²) < 4.78 is 0. The van der Waals surface area contributed by atoms with Crippen LogP contribution in [0.15, 0.2) is 18.2 Å². The molecule has 0 amide bonds. The van der Waals surface area contributed by atoms with Gasteiger partial charge < -0.3 is 10.5 Å². The zero-order valence-corrected chi connectivity index (χ0v) is 8.02. The molecule has 1 aromatic rings. The molecule has 0 spiro atoms. The molecule has 4 N–H and O–H groups in total. The summed E-state index contributed by atoms with van der Waals surface area (Å²) in [6, 6.07) is 4.64. The molecule has 1 rings (SSSR count). The number of hydrogen-bond donors (Lipinski definition) is 3. The normalized spacial score (nSPS) is 8.77. The van der Waals surface area contributed by atoms with Crippen LogP contribution in [-0.4, -0.2) is 11.1 Å². The standard InChI is InChI=1S/C7H7ClN2O2.ClH/c8-4-2-1-3-5(10-9)6(4)7(11)12;/h1-3,10H,9H2,(H,11,12);1H. The Morgan fingerprint density at radius 1 is 1.54 bits per heavy atom. The number of anilines is 1. The Morgan fingerprint density at radius 3 is 2.54 bits per heavy atom. The van der Waals surface area contributed by atoms with Crippen LogP contribution in [0.5, 0.6) is 0 Å². The molecule has 4 nitrogen and oxygen atoms in total. The largest absolute Gasteiger partial charge is 0.478 e. The number of hydrazine groups is 1. The van der Waals surface area contributed by atoms with E-state index in [-0.39, 0.29) is 23.0 Å². The highest BCUT2D eigenvalue weighted by Gasteiger charge is 2.12. The van der Waals surface area contributed by atoms with Crippen molar-refractivity contribution >= 4 is 35.7 Å². The van der Waals surface area contributed by atoms with Crippen LogP contribution in [0.2, 0.25) is 5.02 Å². The van der Waals surface area contributed by atoms with Crippen molar-refractivity contribution in [2.45, 2.75) is 0 Å². The van der Waals surface area contributed by atoms with Crippen molar-refractivity contribution in [3.05, 3.63) is 28.8 Å². The van der Waals surface area contributed by atoms with Gasteiger partial charge in [0.2, 0.25) is 0 Å². The van der Waals surface area contributed by atoms with Crippen LogP contribution in [0, 0.1) is 0 Å². The molecule has 72 valence electrons. The van der Waals surface area contributed by atoms with Gasteiger partial charge in [0.05, 0.1) is 10.7 Å². The minimum atomic E-state index is -1.10. The highest BCUT2D eigenvalue weighted by atomic mass is 35.5. The van der Waals surface area contributed by atoms with E-state index in [4.69, 9.17) is 22.6 Å². The minimum Gasteiger partial charge on any atom is -0.478 e. The number of nitrogen functional groups attached to an aromatic ring is 1. The van der Waals surface area contributed by atoms with Crippen LogP contribution in [0.3, 0.4) is 0 Å². The van der Waals surface area contributed by atoms with E-state index >= 15 is 0 Å². The van der Waals surface area contributed by atoms with Gasteiger partial charge in [-0.15, -0.1) is 12.4 Å². The average molecular weight is 223 g/mol. The Hall–Kier alpha value is -0.970. The van der Waals surface area contributed by atoms with Crippen LogP contribution in [0.4, 0.5) is 5.69 Å². The third kappa shape index (κ3) is 2.48. The Kier molecular flexibility index (Phi) is 4.55. The second-order valence-electron chi connectivity index (χ2n) is 2.11. The van der Waals surface area contributed by atoms with Crippen LogP contribution in [0.25, 0.3) is 0 Å². The number of hydrogen-bond acceptors (Lipinski definition) is 3. The van der Waals surface area contributed by atoms with Crippen molar-refractivity contribution < 1.29 is 9.90 Å². The number of halogens is 2. The van der Waals surface area contributed by atoms with Gasteiger partial charge in [-0.3, -0.25) is 5.84 Å². The monoisotopic (exact) mass is 222 g/mol. The van der Waals surface area contributed by atoms with Gasteiger partial charge in [0.15, 0.2) is 0 Å². The van der Waals surface area contributed by atoms with E-state index in [1.54, 1.807) is 6.07 Å². The fraction of sp³-hybridized carbons (Fsp3) is 0. The quantitative estimate of drug-likeness (QED) is 0.527. The molecule has 0 aliphatic heterocycles. The molecule has 0 aliphatic rings. The maximum Gasteiger partial charge on any atom is 0.339 e. The highest BCUT2D eigenvalue weighted by Crippen LogP contribution is 2.23. The predicted molar refractivity (Wildman–Crippen MR) is 53.5 cm³/mol. The molecule has 6 heteroatoms. The molecule has 0 bridgehead atoms. The number of rotatable bonds is 2. The Labute approximate surface area is 86.1 Å². The van der Waals surface area contributed by atoms with E-state index < -0.39 is 5.97 Å². The SMILES string of the molecule is Cl.NNc1cccc(Cl)c1C(=O)O. The first-order valence-corrected chi connectivity index (χ1v) is 3.53. The number of benzene rings is 1. The highest BCUT2D eigenvalue weighted by molar-refractivity contribution is 6.34. The van der Waals surface area contributed by atoms with E-state index in [0.29, 0.717) is 5.69 Å². The first-order chi connectivity index (χ1) is 5.66. The van der Waals surface area contributed by atoms with Crippen LogP contribution in [-0.2, 0) is 0 Å². The van der Waals surface area contributed by atoms with Crippen molar-refractivity contribution in [2.24, 2.45) is 5.84 Å². The molecule has 0 atom stereocenters. The predicted octanol–water partition coefficient (Wildman–Crippen LogP) is 1.75. The topological polar surface area (TPSA) is 75.3 Å². The maximum absolute atomic E-state index is 10.6. The molecule has 0 unspecified atom stereocenters. The molecular formula is C7H8Cl2N2O2. The van der Waals surface area contributed by atoms with E-state index in [2.05, 4.69) is 5.43 Å². The number of carbonyl (C=O) groups is 1. The molecule has 0 radical (unpaired) electrons. The smallest absolute Gasteiger partial charge is 0.339 e. The second-order valence-corrected chi connectivity index (χ2v) is 2.52. The zero-order chi connectivity index (χ0) is 9.14. The summed E-state index contributed by atoms with van der Waals surface area (Å²) in [5.41, 5.74) is 2.54. The van der Waals surface area contributed by atoms with E-state index in [9.17, 15) is 4.79 Å². The van der Waals surface area contributed by atoms with Gasteiger partial charge in [0, 0.05) is 0 Å². The lowest BCUT2D eigenvalue weighted by Gasteiger charge is -2.05. The number of nitrogens with two attached hydrogens (primary N) is 1. The van der Waals surface area contributed by atoms with E-state index in [1.165, 1.54) is 12.1 Å². The summed E-state index contributed by atoms with van der Waals surface area (Å²) in [6.45, 7) is 0. The fourth-order valence-electron chi connectivity index (χ4n) is 0.862.